The summed E-state index contributed by atoms with van der Waals surface area (Å²) in [4.78, 5) is 26.6. The van der Waals surface area contributed by atoms with Crippen molar-refractivity contribution in [3.8, 4) is 0 Å². The second-order valence-corrected chi connectivity index (χ2v) is 7.66. The van der Waals surface area contributed by atoms with Crippen molar-refractivity contribution in [3.05, 3.63) is 101 Å². The molecule has 0 bridgehead atoms. The topological polar surface area (TPSA) is 49.4 Å². The van der Waals surface area contributed by atoms with Crippen LogP contribution in [0.4, 0.5) is 30.2 Å². The molecule has 1 unspecified atom stereocenters. The van der Waals surface area contributed by atoms with Crippen LogP contribution in [0.3, 0.4) is 0 Å². The van der Waals surface area contributed by atoms with Gasteiger partial charge in [0.15, 0.2) is 0 Å². The third-order valence-corrected chi connectivity index (χ3v) is 5.40. The predicted molar refractivity (Wildman–Crippen MR) is 123 cm³/mol. The van der Waals surface area contributed by atoms with Crippen molar-refractivity contribution in [1.82, 2.24) is 0 Å². The van der Waals surface area contributed by atoms with Crippen LogP contribution >= 0.6 is 11.6 Å². The van der Waals surface area contributed by atoms with Crippen molar-refractivity contribution in [2.45, 2.75) is 6.18 Å². The van der Waals surface area contributed by atoms with E-state index in [1.165, 1.54) is 23.0 Å². The summed E-state index contributed by atoms with van der Waals surface area (Å²) in [7, 11) is 0. The van der Waals surface area contributed by atoms with Crippen LogP contribution in [0.1, 0.15) is 5.56 Å². The highest BCUT2D eigenvalue weighted by molar-refractivity contribution is 6.31. The number of nitrogens with zero attached hydrogens (tertiary/aromatic N) is 1. The van der Waals surface area contributed by atoms with Gasteiger partial charge in [0.2, 0.25) is 0 Å². The summed E-state index contributed by atoms with van der Waals surface area (Å²) in [5.41, 5.74) is 0.892. The minimum Gasteiger partial charge on any atom is -0.361 e. The van der Waals surface area contributed by atoms with Gasteiger partial charge in [-0.15, -0.1) is 0 Å². The zero-order valence-electron chi connectivity index (χ0n) is 16.9. The summed E-state index contributed by atoms with van der Waals surface area (Å²) < 4.78 is 40.6. The van der Waals surface area contributed by atoms with E-state index in [1.807, 2.05) is 0 Å². The number of allylic oxidation sites excluding steroid dienone is 5. The lowest BCUT2D eigenvalue weighted by Crippen LogP contribution is -2.33. The molecule has 0 spiro atoms. The first kappa shape index (κ1) is 22.4. The number of carbonyl (C=O) groups excluding carboxylic acids is 2. The first-order valence-corrected chi connectivity index (χ1v) is 10.2. The molecule has 2 aromatic carbocycles. The number of hydrogen-bond donors (Lipinski definition) is 1. The largest absolute Gasteiger partial charge is 0.399 e. The summed E-state index contributed by atoms with van der Waals surface area (Å²) in [6.07, 6.45) is 5.43. The molecule has 0 saturated carbocycles. The molecule has 1 aliphatic carbocycles. The molecule has 4 rings (SSSR count). The Morgan fingerprint density at radius 1 is 1.09 bits per heavy atom. The Labute approximate surface area is 192 Å². The highest BCUT2D eigenvalue weighted by Crippen LogP contribution is 2.41. The monoisotopic (exact) mass is 468 g/mol. The fraction of sp³-hybridized carbons (Fsp3) is 0.0800. The first-order valence-electron chi connectivity index (χ1n) is 9.84. The SMILES string of the molecule is O=C=C1C(C(=O)N(c2cccc(Cl)c2)c2cccc3c2C=CC=CN3)=CC=CC1C(F)(F)F. The van der Waals surface area contributed by atoms with E-state index in [1.54, 1.807) is 60.8 Å². The van der Waals surface area contributed by atoms with E-state index in [-0.39, 0.29) is 0 Å². The fourth-order valence-electron chi connectivity index (χ4n) is 3.69. The van der Waals surface area contributed by atoms with Crippen LogP contribution in [0.2, 0.25) is 5.02 Å². The lowest BCUT2D eigenvalue weighted by molar-refractivity contribution is -0.151. The number of rotatable bonds is 3. The van der Waals surface area contributed by atoms with Gasteiger partial charge in [-0.2, -0.15) is 13.2 Å². The fourth-order valence-corrected chi connectivity index (χ4v) is 3.87. The van der Waals surface area contributed by atoms with Crippen molar-refractivity contribution >= 4 is 46.6 Å². The average Bonchev–Trinajstić information content (AvgIpc) is 3.04. The normalized spacial score (nSPS) is 16.9. The van der Waals surface area contributed by atoms with E-state index in [2.05, 4.69) is 5.32 Å². The molecular formula is C25H16ClF3N2O2. The van der Waals surface area contributed by atoms with Crippen molar-refractivity contribution in [2.24, 2.45) is 5.92 Å². The number of nitrogens with one attached hydrogen (secondary N) is 1. The molecule has 1 amide bonds. The van der Waals surface area contributed by atoms with Crippen LogP contribution in [0.25, 0.3) is 6.08 Å². The molecular weight excluding hydrogens is 453 g/mol. The van der Waals surface area contributed by atoms with Crippen LogP contribution in [0.15, 0.2) is 90.2 Å². The Kier molecular flexibility index (Phi) is 6.09. The standard InChI is InChI=1S/C25H16ClF3N2O2/c26-16-6-3-7-17(14-16)31(23-12-5-11-22-19(23)8-1-2-13-30-22)24(33)18-9-4-10-21(20(18)15-32)25(27,28)29/h1-14,21,30H. The molecule has 0 radical (unpaired) electrons. The molecule has 4 nitrogen and oxygen atoms in total. The Hall–Kier alpha value is -3.80. The van der Waals surface area contributed by atoms with Gasteiger partial charge in [0, 0.05) is 22.5 Å². The number of halogens is 4. The van der Waals surface area contributed by atoms with Gasteiger partial charge < -0.3 is 5.32 Å². The van der Waals surface area contributed by atoms with Crippen molar-refractivity contribution in [2.75, 3.05) is 10.2 Å². The van der Waals surface area contributed by atoms with Crippen LogP contribution in [0.5, 0.6) is 0 Å². The number of hydrogen-bond acceptors (Lipinski definition) is 3. The van der Waals surface area contributed by atoms with Crippen LogP contribution in [0, 0.1) is 5.92 Å². The zero-order chi connectivity index (χ0) is 23.6. The quantitative estimate of drug-likeness (QED) is 0.531. The van der Waals surface area contributed by atoms with Gasteiger partial charge in [-0.25, -0.2) is 4.79 Å². The van der Waals surface area contributed by atoms with Crippen LogP contribution in [-0.4, -0.2) is 18.0 Å². The van der Waals surface area contributed by atoms with Gasteiger partial charge in [-0.05, 0) is 42.5 Å². The number of fused-ring (bicyclic) bond motifs is 1. The Morgan fingerprint density at radius 2 is 1.88 bits per heavy atom. The molecule has 8 heteroatoms. The minimum atomic E-state index is -4.74. The molecule has 2 aliphatic rings. The summed E-state index contributed by atoms with van der Waals surface area (Å²) in [6, 6.07) is 11.6. The minimum absolute atomic E-state index is 0.329. The maximum Gasteiger partial charge on any atom is 0.399 e. The highest BCUT2D eigenvalue weighted by Gasteiger charge is 2.45. The number of benzene rings is 2. The molecule has 2 aromatic rings. The predicted octanol–water partition coefficient (Wildman–Crippen LogP) is 6.39. The van der Waals surface area contributed by atoms with Gasteiger partial charge >= 0.3 is 6.18 Å². The maximum absolute atomic E-state index is 13.8. The molecule has 1 N–H and O–H groups in total. The summed E-state index contributed by atoms with van der Waals surface area (Å²) >= 11 is 6.16. The van der Waals surface area contributed by atoms with E-state index >= 15 is 0 Å². The lowest BCUT2D eigenvalue weighted by atomic mass is 9.87. The molecule has 0 aromatic heterocycles. The second kappa shape index (κ2) is 8.98. The number of anilines is 3. The molecule has 0 fully saturated rings. The molecule has 0 saturated heterocycles. The average molecular weight is 469 g/mol. The van der Waals surface area contributed by atoms with E-state index < -0.39 is 29.1 Å². The van der Waals surface area contributed by atoms with Crippen LogP contribution < -0.4 is 10.2 Å². The molecule has 166 valence electrons. The summed E-state index contributed by atoms with van der Waals surface area (Å²) in [5.74, 6) is -1.68. The van der Waals surface area contributed by atoms with Gasteiger partial charge in [0.25, 0.3) is 5.91 Å². The Bertz CT molecular complexity index is 1280. The molecule has 1 heterocycles. The molecule has 1 atom stereocenters. The van der Waals surface area contributed by atoms with E-state index in [0.29, 0.717) is 27.6 Å². The lowest BCUT2D eigenvalue weighted by Gasteiger charge is -2.29. The van der Waals surface area contributed by atoms with E-state index in [0.717, 1.165) is 12.2 Å². The number of carbonyl (C=O) groups is 1. The van der Waals surface area contributed by atoms with Gasteiger partial charge in [0.05, 0.1) is 22.5 Å². The highest BCUT2D eigenvalue weighted by atomic mass is 35.5. The molecule has 33 heavy (non-hydrogen) atoms. The first-order chi connectivity index (χ1) is 15.8. The smallest absolute Gasteiger partial charge is 0.361 e. The number of alkyl halides is 3. The van der Waals surface area contributed by atoms with Crippen molar-refractivity contribution in [1.29, 1.82) is 0 Å². The van der Waals surface area contributed by atoms with Crippen molar-refractivity contribution in [3.63, 3.8) is 0 Å². The van der Waals surface area contributed by atoms with E-state index in [9.17, 15) is 22.8 Å². The maximum atomic E-state index is 13.8. The summed E-state index contributed by atoms with van der Waals surface area (Å²) in [6.45, 7) is 0. The third kappa shape index (κ3) is 4.42. The van der Waals surface area contributed by atoms with Crippen molar-refractivity contribution < 1.29 is 22.8 Å². The number of amides is 1. The Balaban J connectivity index is 1.90. The molecule has 1 aliphatic heterocycles. The zero-order valence-corrected chi connectivity index (χ0v) is 17.7. The van der Waals surface area contributed by atoms with E-state index in [4.69, 9.17) is 11.6 Å². The summed E-state index contributed by atoms with van der Waals surface area (Å²) in [5, 5.41) is 3.43. The second-order valence-electron chi connectivity index (χ2n) is 7.22. The van der Waals surface area contributed by atoms with Gasteiger partial charge in [-0.1, -0.05) is 48.0 Å². The van der Waals surface area contributed by atoms with Crippen LogP contribution in [-0.2, 0) is 9.59 Å². The Morgan fingerprint density at radius 3 is 2.61 bits per heavy atom. The van der Waals surface area contributed by atoms with Gasteiger partial charge in [0.1, 0.15) is 11.9 Å². The third-order valence-electron chi connectivity index (χ3n) is 5.16. The van der Waals surface area contributed by atoms with Gasteiger partial charge in [-0.3, -0.25) is 9.69 Å².